The normalized spacial score (nSPS) is 24.0. The molecular weight excluding hydrogens is 414 g/mol. The lowest BCUT2D eigenvalue weighted by molar-refractivity contribution is 0.186. The summed E-state index contributed by atoms with van der Waals surface area (Å²) in [5.41, 5.74) is -1.56. The van der Waals surface area contributed by atoms with Crippen LogP contribution >= 0.6 is 0 Å². The van der Waals surface area contributed by atoms with Crippen molar-refractivity contribution in [2.75, 3.05) is 13.1 Å². The van der Waals surface area contributed by atoms with E-state index in [0.717, 1.165) is 12.1 Å². The van der Waals surface area contributed by atoms with E-state index in [0.29, 0.717) is 6.54 Å². The molecule has 1 aliphatic heterocycles. The Bertz CT molecular complexity index is 1180. The molecule has 2 unspecified atom stereocenters. The first-order chi connectivity index (χ1) is 14.2. The number of rotatable bonds is 4. The van der Waals surface area contributed by atoms with Gasteiger partial charge in [-0.2, -0.15) is 8.42 Å². The largest absolute Gasteiger partial charge is 0.336 e. The number of carbonyl (C=O) groups is 1. The van der Waals surface area contributed by atoms with E-state index < -0.39 is 38.6 Å². The Morgan fingerprint density at radius 3 is 2.33 bits per heavy atom. The van der Waals surface area contributed by atoms with Crippen molar-refractivity contribution in [1.82, 2.24) is 10.2 Å². The highest BCUT2D eigenvalue weighted by molar-refractivity contribution is 7.87. The fourth-order valence-electron chi connectivity index (χ4n) is 3.98. The fraction of sp³-hybridized carbons (Fsp3) is 0.190. The van der Waals surface area contributed by atoms with Gasteiger partial charge in [-0.15, -0.1) is 0 Å². The molecule has 0 bridgehead atoms. The number of hydrogen-bond donors (Lipinski definition) is 2. The summed E-state index contributed by atoms with van der Waals surface area (Å²) in [5.74, 6) is -1.32. The van der Waals surface area contributed by atoms with Crippen molar-refractivity contribution >= 4 is 21.7 Å². The second-order valence-electron chi connectivity index (χ2n) is 7.06. The maximum absolute atomic E-state index is 14.9. The van der Waals surface area contributed by atoms with Crippen LogP contribution in [0.2, 0.25) is 0 Å². The van der Waals surface area contributed by atoms with E-state index >= 15 is 0 Å². The first kappa shape index (κ1) is 20.2. The summed E-state index contributed by atoms with van der Waals surface area (Å²) in [4.78, 5) is 13.9. The molecule has 2 atom stereocenters. The van der Waals surface area contributed by atoms with Crippen LogP contribution in [0.5, 0.6) is 0 Å². The molecule has 0 saturated carbocycles. The summed E-state index contributed by atoms with van der Waals surface area (Å²) >= 11 is 0. The third-order valence-electron chi connectivity index (χ3n) is 5.32. The van der Waals surface area contributed by atoms with Crippen molar-refractivity contribution in [2.45, 2.75) is 10.8 Å². The maximum Gasteiger partial charge on any atom is 0.318 e. The minimum absolute atomic E-state index is 0.0650. The monoisotopic (exact) mass is 432 g/mol. The molecular formula is C21H18F2N2O4S. The predicted octanol–water partition coefficient (Wildman–Crippen LogP) is 3.10. The van der Waals surface area contributed by atoms with Crippen LogP contribution < -0.4 is 5.32 Å². The number of amides is 2. The Labute approximate surface area is 172 Å². The molecule has 2 aliphatic rings. The fourth-order valence-corrected chi connectivity index (χ4v) is 4.78. The van der Waals surface area contributed by atoms with Crippen molar-refractivity contribution in [3.8, 4) is 0 Å². The summed E-state index contributed by atoms with van der Waals surface area (Å²) < 4.78 is 63.4. The van der Waals surface area contributed by atoms with Gasteiger partial charge in [0.15, 0.2) is 0 Å². The molecule has 0 radical (unpaired) electrons. The molecule has 1 aliphatic carbocycles. The number of benzene rings is 2. The number of nitrogens with zero attached hydrogens (tertiary/aromatic N) is 1. The Hall–Kier alpha value is -3.04. The van der Waals surface area contributed by atoms with Crippen LogP contribution in [0.1, 0.15) is 11.1 Å². The van der Waals surface area contributed by atoms with Crippen molar-refractivity contribution in [2.24, 2.45) is 0 Å². The molecule has 1 saturated heterocycles. The van der Waals surface area contributed by atoms with Crippen LogP contribution in [-0.2, 0) is 15.7 Å². The van der Waals surface area contributed by atoms with Crippen LogP contribution in [0.3, 0.4) is 0 Å². The number of hydrogen-bond acceptors (Lipinski definition) is 3. The molecule has 1 heterocycles. The molecule has 0 aromatic heterocycles. The van der Waals surface area contributed by atoms with Crippen LogP contribution in [0.15, 0.2) is 66.8 Å². The van der Waals surface area contributed by atoms with Gasteiger partial charge >= 0.3 is 6.03 Å². The van der Waals surface area contributed by atoms with Gasteiger partial charge in [-0.3, -0.25) is 4.55 Å². The zero-order chi connectivity index (χ0) is 21.5. The third-order valence-corrected chi connectivity index (χ3v) is 6.37. The lowest BCUT2D eigenvalue weighted by Gasteiger charge is -2.40. The Kier molecular flexibility index (Phi) is 4.95. The SMILES string of the molecule is O=C1NCCN1C1(c2ccccc2F)C=CC(S(=O)(=O)O)C(c2ccccc2F)=C1. The van der Waals surface area contributed by atoms with Crippen molar-refractivity contribution in [3.05, 3.63) is 89.5 Å². The minimum Gasteiger partial charge on any atom is -0.336 e. The summed E-state index contributed by atoms with van der Waals surface area (Å²) in [7, 11) is -4.65. The molecule has 156 valence electrons. The van der Waals surface area contributed by atoms with Gasteiger partial charge in [0.1, 0.15) is 22.4 Å². The predicted molar refractivity (Wildman–Crippen MR) is 107 cm³/mol. The summed E-state index contributed by atoms with van der Waals surface area (Å²) in [6.45, 7) is 0.530. The van der Waals surface area contributed by atoms with E-state index in [1.165, 1.54) is 53.5 Å². The van der Waals surface area contributed by atoms with Gasteiger partial charge in [-0.25, -0.2) is 13.6 Å². The molecule has 2 aromatic rings. The average molecular weight is 432 g/mol. The smallest absolute Gasteiger partial charge is 0.318 e. The zero-order valence-corrected chi connectivity index (χ0v) is 16.4. The minimum atomic E-state index is -4.65. The molecule has 0 spiro atoms. The lowest BCUT2D eigenvalue weighted by Crippen LogP contribution is -2.48. The zero-order valence-electron chi connectivity index (χ0n) is 15.6. The van der Waals surface area contributed by atoms with Gasteiger partial charge in [-0.1, -0.05) is 48.6 Å². The highest BCUT2D eigenvalue weighted by Gasteiger charge is 2.46. The highest BCUT2D eigenvalue weighted by Crippen LogP contribution is 2.43. The molecule has 2 amide bonds. The Morgan fingerprint density at radius 2 is 1.73 bits per heavy atom. The van der Waals surface area contributed by atoms with Crippen molar-refractivity contribution in [1.29, 1.82) is 0 Å². The van der Waals surface area contributed by atoms with Gasteiger partial charge in [0.2, 0.25) is 0 Å². The summed E-state index contributed by atoms with van der Waals surface area (Å²) in [5, 5.41) is 1.08. The summed E-state index contributed by atoms with van der Waals surface area (Å²) in [6, 6.07) is 10.8. The number of halogens is 2. The number of nitrogens with one attached hydrogen (secondary N) is 1. The van der Waals surface area contributed by atoms with E-state index in [1.54, 1.807) is 6.07 Å². The second kappa shape index (κ2) is 7.33. The van der Waals surface area contributed by atoms with Crippen LogP contribution in [0.25, 0.3) is 5.57 Å². The Morgan fingerprint density at radius 1 is 1.07 bits per heavy atom. The second-order valence-corrected chi connectivity index (χ2v) is 8.60. The molecule has 30 heavy (non-hydrogen) atoms. The van der Waals surface area contributed by atoms with Crippen molar-refractivity contribution < 1.29 is 26.5 Å². The van der Waals surface area contributed by atoms with Gasteiger partial charge < -0.3 is 10.2 Å². The third kappa shape index (κ3) is 3.29. The Balaban J connectivity index is 2.03. The van der Waals surface area contributed by atoms with E-state index in [9.17, 15) is 26.5 Å². The van der Waals surface area contributed by atoms with Crippen LogP contribution in [0, 0.1) is 11.6 Å². The van der Waals surface area contributed by atoms with Gasteiger partial charge in [0, 0.05) is 24.2 Å². The van der Waals surface area contributed by atoms with Crippen molar-refractivity contribution in [3.63, 3.8) is 0 Å². The molecule has 2 aromatic carbocycles. The van der Waals surface area contributed by atoms with Gasteiger partial charge in [0.05, 0.1) is 0 Å². The van der Waals surface area contributed by atoms with E-state index in [4.69, 9.17) is 0 Å². The molecule has 6 nitrogen and oxygen atoms in total. The molecule has 4 rings (SSSR count). The number of urea groups is 1. The average Bonchev–Trinajstić information content (AvgIpc) is 3.14. The van der Waals surface area contributed by atoms with E-state index in [-0.39, 0.29) is 23.2 Å². The summed E-state index contributed by atoms with van der Waals surface area (Å²) in [6.07, 6.45) is 3.86. The standard InChI is InChI=1S/C21H18F2N2O4S/c22-17-7-3-1-5-14(17)15-13-21(25-12-11-24-20(25)26,10-9-19(15)30(27,28)29)16-6-2-4-8-18(16)23/h1-10,13,19H,11-12H2,(H,24,26)(H,27,28,29). The van der Waals surface area contributed by atoms with Gasteiger partial charge in [0.25, 0.3) is 10.1 Å². The first-order valence-electron chi connectivity index (χ1n) is 9.18. The number of carbonyl (C=O) groups excluding carboxylic acids is 1. The van der Waals surface area contributed by atoms with E-state index in [2.05, 4.69) is 5.32 Å². The highest BCUT2D eigenvalue weighted by atomic mass is 32.2. The lowest BCUT2D eigenvalue weighted by atomic mass is 9.80. The molecule has 2 N–H and O–H groups in total. The van der Waals surface area contributed by atoms with Crippen LogP contribution in [0.4, 0.5) is 13.6 Å². The van der Waals surface area contributed by atoms with Crippen LogP contribution in [-0.4, -0.2) is 42.2 Å². The van der Waals surface area contributed by atoms with Gasteiger partial charge in [-0.05, 0) is 23.8 Å². The van der Waals surface area contributed by atoms with E-state index in [1.807, 2.05) is 0 Å². The molecule has 9 heteroatoms. The molecule has 1 fully saturated rings. The topological polar surface area (TPSA) is 86.7 Å². The maximum atomic E-state index is 14.9. The quantitative estimate of drug-likeness (QED) is 0.574. The first-order valence-corrected chi connectivity index (χ1v) is 10.7.